The molecule has 1 aromatic heterocycles. The lowest BCUT2D eigenvalue weighted by atomic mass is 9.83. The topological polar surface area (TPSA) is 119 Å². The van der Waals surface area contributed by atoms with Crippen LogP contribution in [-0.4, -0.2) is 90.6 Å². The monoisotopic (exact) mass is 688 g/mol. The van der Waals surface area contributed by atoms with E-state index in [2.05, 4.69) is 26.1 Å². The lowest BCUT2D eigenvalue weighted by Crippen LogP contribution is -2.44. The second-order valence-electron chi connectivity index (χ2n) is 12.5. The first kappa shape index (κ1) is 39.2. The second kappa shape index (κ2) is 20.3. The van der Waals surface area contributed by atoms with Crippen molar-refractivity contribution >= 4 is 23.6 Å². The molecule has 48 heavy (non-hydrogen) atoms. The zero-order valence-electron chi connectivity index (χ0n) is 28.3. The Labute approximate surface area is 287 Å². The number of hydrogen-bond acceptors (Lipinski definition) is 7. The minimum Gasteiger partial charge on any atom is -0.394 e. The third-order valence-corrected chi connectivity index (χ3v) is 8.52. The van der Waals surface area contributed by atoms with E-state index in [0.717, 1.165) is 23.4 Å². The molecule has 2 amide bonds. The number of aliphatic hydroxyl groups is 1. The van der Waals surface area contributed by atoms with Crippen LogP contribution in [0.5, 0.6) is 0 Å². The van der Waals surface area contributed by atoms with E-state index in [0.29, 0.717) is 63.7 Å². The molecule has 264 valence electrons. The molecule has 0 bridgehead atoms. The maximum atomic E-state index is 15.0. The number of rotatable bonds is 21. The molecule has 0 radical (unpaired) electrons. The van der Waals surface area contributed by atoms with E-state index in [1.807, 2.05) is 52.1 Å². The predicted molar refractivity (Wildman–Crippen MR) is 187 cm³/mol. The Bertz CT molecular complexity index is 1420. The highest BCUT2D eigenvalue weighted by Crippen LogP contribution is 2.41. The summed E-state index contributed by atoms with van der Waals surface area (Å²) in [6.45, 7) is 9.19. The van der Waals surface area contributed by atoms with Gasteiger partial charge in [-0.3, -0.25) is 9.59 Å². The fourth-order valence-corrected chi connectivity index (χ4v) is 6.23. The first-order chi connectivity index (χ1) is 23.0. The number of carbonyl (C=O) groups excluding carboxylic acids is 2. The van der Waals surface area contributed by atoms with Crippen molar-refractivity contribution in [1.29, 1.82) is 0 Å². The van der Waals surface area contributed by atoms with Crippen molar-refractivity contribution in [3.05, 3.63) is 83.7 Å². The lowest BCUT2D eigenvalue weighted by Gasteiger charge is -2.41. The van der Waals surface area contributed by atoms with Gasteiger partial charge in [0.05, 0.1) is 44.8 Å². The number of hydrogen-bond donors (Lipinski definition) is 3. The maximum absolute atomic E-state index is 15.0. The molecule has 0 saturated carbocycles. The van der Waals surface area contributed by atoms with Gasteiger partial charge in [-0.25, -0.2) is 8.78 Å². The largest absolute Gasteiger partial charge is 0.394 e. The van der Waals surface area contributed by atoms with Gasteiger partial charge in [0, 0.05) is 54.8 Å². The molecule has 4 N–H and O–H groups in total. The quantitative estimate of drug-likeness (QED) is 0.135. The number of amides is 2. The van der Waals surface area contributed by atoms with Gasteiger partial charge in [-0.05, 0) is 48.2 Å². The Morgan fingerprint density at radius 2 is 1.77 bits per heavy atom. The molecule has 0 unspecified atom stereocenters. The number of ether oxygens (including phenoxy) is 2. The van der Waals surface area contributed by atoms with Crippen LogP contribution in [0.25, 0.3) is 11.1 Å². The van der Waals surface area contributed by atoms with Crippen LogP contribution >= 0.6 is 11.8 Å². The predicted octanol–water partition coefficient (Wildman–Crippen LogP) is 5.01. The number of carbonyl (C=O) groups is 2. The Balaban J connectivity index is 1.76. The van der Waals surface area contributed by atoms with Crippen molar-refractivity contribution in [3.8, 4) is 11.1 Å². The van der Waals surface area contributed by atoms with Gasteiger partial charge in [0.1, 0.15) is 11.6 Å². The van der Waals surface area contributed by atoms with Gasteiger partial charge in [0.25, 0.3) is 0 Å². The molecule has 1 atom stereocenters. The van der Waals surface area contributed by atoms with Crippen LogP contribution in [0, 0.1) is 17.0 Å². The average Bonchev–Trinajstić information content (AvgIpc) is 3.45. The molecule has 3 aromatic rings. The van der Waals surface area contributed by atoms with Crippen LogP contribution in [0.15, 0.2) is 60.8 Å². The van der Waals surface area contributed by atoms with E-state index in [9.17, 15) is 18.4 Å². The fourth-order valence-electron chi connectivity index (χ4n) is 5.42. The first-order valence-electron chi connectivity index (χ1n) is 16.3. The van der Waals surface area contributed by atoms with Gasteiger partial charge in [0.2, 0.25) is 11.8 Å². The highest BCUT2D eigenvalue weighted by Gasteiger charge is 2.37. The van der Waals surface area contributed by atoms with Crippen LogP contribution in [-0.2, 0) is 25.6 Å². The summed E-state index contributed by atoms with van der Waals surface area (Å²) in [5, 5.41) is 11.5. The van der Waals surface area contributed by atoms with Crippen LogP contribution < -0.4 is 11.1 Å². The molecular weight excluding hydrogens is 638 g/mol. The van der Waals surface area contributed by atoms with Crippen LogP contribution in [0.3, 0.4) is 0 Å². The van der Waals surface area contributed by atoms with Crippen molar-refractivity contribution < 1.29 is 33.0 Å². The molecule has 0 aliphatic heterocycles. The molecular formula is C36H50F2N4O5S. The van der Waals surface area contributed by atoms with Crippen molar-refractivity contribution in [2.45, 2.75) is 46.2 Å². The Hall–Kier alpha value is -3.29. The molecule has 1 heterocycles. The molecule has 3 rings (SSSR count). The third kappa shape index (κ3) is 12.6. The minimum atomic E-state index is -0.532. The van der Waals surface area contributed by atoms with Crippen molar-refractivity contribution in [1.82, 2.24) is 14.8 Å². The molecule has 2 aromatic carbocycles. The number of halogens is 2. The highest BCUT2D eigenvalue weighted by atomic mass is 32.2. The van der Waals surface area contributed by atoms with E-state index >= 15 is 0 Å². The van der Waals surface area contributed by atoms with E-state index in [1.54, 1.807) is 0 Å². The molecule has 0 saturated heterocycles. The summed E-state index contributed by atoms with van der Waals surface area (Å²) >= 11 is 1.39. The van der Waals surface area contributed by atoms with Crippen molar-refractivity contribution in [2.75, 3.05) is 64.2 Å². The number of nitrogens with one attached hydrogen (secondary N) is 1. The smallest absolute Gasteiger partial charge is 0.233 e. The van der Waals surface area contributed by atoms with E-state index < -0.39 is 23.1 Å². The van der Waals surface area contributed by atoms with Gasteiger partial charge in [0.15, 0.2) is 0 Å². The Morgan fingerprint density at radius 3 is 2.46 bits per heavy atom. The third-order valence-electron chi connectivity index (χ3n) is 7.58. The second-order valence-corrected chi connectivity index (χ2v) is 13.6. The summed E-state index contributed by atoms with van der Waals surface area (Å²) in [6.07, 6.45) is 2.67. The Kier molecular flexibility index (Phi) is 16.5. The number of nitrogens with two attached hydrogens (primary N) is 1. The van der Waals surface area contributed by atoms with E-state index in [4.69, 9.17) is 20.3 Å². The summed E-state index contributed by atoms with van der Waals surface area (Å²) in [4.78, 5) is 28.1. The van der Waals surface area contributed by atoms with Gasteiger partial charge >= 0.3 is 0 Å². The first-order valence-corrected chi connectivity index (χ1v) is 17.5. The average molecular weight is 689 g/mol. The summed E-state index contributed by atoms with van der Waals surface area (Å²) in [6, 6.07) is 14.7. The molecule has 12 heteroatoms. The molecule has 9 nitrogen and oxygen atoms in total. The van der Waals surface area contributed by atoms with E-state index in [1.165, 1.54) is 17.8 Å². The lowest BCUT2D eigenvalue weighted by molar-refractivity contribution is -0.133. The number of benzene rings is 2. The minimum absolute atomic E-state index is 0.0351. The summed E-state index contributed by atoms with van der Waals surface area (Å²) in [5.41, 5.74) is 7.99. The van der Waals surface area contributed by atoms with Crippen molar-refractivity contribution in [2.24, 2.45) is 11.1 Å². The SMILES string of the molecule is CC(C)(C)[C@H](c1cc(-c2cc(F)ccc2F)cn1Cc1ccccc1)N(CCCN)C(=O)CSCCC(=O)NCCOCCOCCO. The number of nitrogens with zero attached hydrogens (tertiary/aromatic N) is 2. The normalized spacial score (nSPS) is 12.2. The Morgan fingerprint density at radius 1 is 1.04 bits per heavy atom. The number of aromatic nitrogens is 1. The number of thioether (sulfide) groups is 1. The van der Waals surface area contributed by atoms with Gasteiger partial charge in [-0.2, -0.15) is 11.8 Å². The molecule has 0 aliphatic carbocycles. The fraction of sp³-hybridized carbons (Fsp3) is 0.500. The zero-order chi connectivity index (χ0) is 34.9. The van der Waals surface area contributed by atoms with Gasteiger partial charge < -0.3 is 35.1 Å². The summed E-state index contributed by atoms with van der Waals surface area (Å²) in [5.74, 6) is -0.636. The molecule has 0 fully saturated rings. The summed E-state index contributed by atoms with van der Waals surface area (Å²) < 4.78 is 41.8. The maximum Gasteiger partial charge on any atom is 0.233 e. The van der Waals surface area contributed by atoms with E-state index in [-0.39, 0.29) is 42.8 Å². The summed E-state index contributed by atoms with van der Waals surface area (Å²) in [7, 11) is 0. The van der Waals surface area contributed by atoms with Crippen LogP contribution in [0.1, 0.15) is 50.9 Å². The molecule has 0 spiro atoms. The zero-order valence-corrected chi connectivity index (χ0v) is 29.1. The highest BCUT2D eigenvalue weighted by molar-refractivity contribution is 7.99. The standard InChI is InChI=1S/C36H50F2N4O5S/c1-36(2,3)35(32-22-28(30-23-29(37)10-11-31(30)38)25-41(32)24-27-8-5-4-6-9-27)42(15-7-13-39)34(45)26-48-21-12-33(44)40-14-17-46-19-20-47-18-16-43/h4-6,8-11,22-23,25,35,43H,7,12-21,24,26,39H2,1-3H3,(H,40,44)/t35-/m0/s1. The van der Waals surface area contributed by atoms with Crippen LogP contribution in [0.2, 0.25) is 0 Å². The molecule has 0 aliphatic rings. The number of aliphatic hydroxyl groups excluding tert-OH is 1. The van der Waals surface area contributed by atoms with Gasteiger partial charge in [-0.1, -0.05) is 51.1 Å². The van der Waals surface area contributed by atoms with Crippen LogP contribution in [0.4, 0.5) is 8.78 Å². The van der Waals surface area contributed by atoms with Gasteiger partial charge in [-0.15, -0.1) is 0 Å². The van der Waals surface area contributed by atoms with Crippen molar-refractivity contribution in [3.63, 3.8) is 0 Å².